The van der Waals surface area contributed by atoms with Crippen molar-refractivity contribution in [1.82, 2.24) is 15.0 Å². The van der Waals surface area contributed by atoms with Crippen LogP contribution in [0, 0.1) is 0 Å². The second kappa shape index (κ2) is 6.56. The van der Waals surface area contributed by atoms with Crippen LogP contribution in [0.4, 0.5) is 0 Å². The minimum Gasteiger partial charge on any atom is -0.313 e. The number of fused-ring (bicyclic) bond motifs is 1. The number of para-hydroxylation sites is 1. The summed E-state index contributed by atoms with van der Waals surface area (Å²) >= 11 is 0. The lowest BCUT2D eigenvalue weighted by molar-refractivity contribution is 0.581. The zero-order valence-corrected chi connectivity index (χ0v) is 13.1. The summed E-state index contributed by atoms with van der Waals surface area (Å²) in [5.74, 6) is -0.0487. The van der Waals surface area contributed by atoms with Gasteiger partial charge in [0.1, 0.15) is 0 Å². The van der Waals surface area contributed by atoms with Gasteiger partial charge in [0.15, 0.2) is 0 Å². The predicted molar refractivity (Wildman–Crippen MR) is 87.9 cm³/mol. The van der Waals surface area contributed by atoms with E-state index in [2.05, 4.69) is 15.0 Å². The van der Waals surface area contributed by atoms with Crippen LogP contribution in [0.2, 0.25) is 0 Å². The number of nitrogens with zero attached hydrogens (tertiary/aromatic N) is 1. The highest BCUT2D eigenvalue weighted by molar-refractivity contribution is 7.88. The average molecular weight is 317 g/mol. The largest absolute Gasteiger partial charge is 0.313 e. The summed E-state index contributed by atoms with van der Waals surface area (Å²) in [7, 11) is -3.38. The Bertz CT molecular complexity index is 795. The van der Waals surface area contributed by atoms with Crippen LogP contribution >= 0.6 is 0 Å². The van der Waals surface area contributed by atoms with Crippen LogP contribution in [0.25, 0.3) is 10.9 Å². The Kier molecular flexibility index (Phi) is 4.52. The van der Waals surface area contributed by atoms with E-state index < -0.39 is 10.0 Å². The molecule has 0 amide bonds. The van der Waals surface area contributed by atoms with E-state index in [-0.39, 0.29) is 5.75 Å². The summed E-state index contributed by atoms with van der Waals surface area (Å²) < 4.78 is 27.3. The molecule has 0 radical (unpaired) electrons. The lowest BCUT2D eigenvalue weighted by Gasteiger charge is -2.15. The summed E-state index contributed by atoms with van der Waals surface area (Å²) in [6.07, 6.45) is 4.62. The Morgan fingerprint density at radius 1 is 1.23 bits per heavy atom. The molecule has 5 nitrogen and oxygen atoms in total. The molecule has 1 aromatic carbocycles. The Hall–Kier alpha value is -1.76. The van der Waals surface area contributed by atoms with Crippen LogP contribution in [0.3, 0.4) is 0 Å². The fourth-order valence-corrected chi connectivity index (χ4v) is 3.72. The molecule has 1 aliphatic rings. The minimum atomic E-state index is -3.38. The van der Waals surface area contributed by atoms with E-state index in [0.29, 0.717) is 6.54 Å². The van der Waals surface area contributed by atoms with Crippen LogP contribution in [-0.4, -0.2) is 33.0 Å². The van der Waals surface area contributed by atoms with Gasteiger partial charge in [0.05, 0.1) is 11.3 Å². The van der Waals surface area contributed by atoms with Gasteiger partial charge in [0, 0.05) is 24.7 Å². The Balaban J connectivity index is 1.74. The van der Waals surface area contributed by atoms with Gasteiger partial charge in [-0.05, 0) is 24.6 Å². The number of hydrogen-bond acceptors (Lipinski definition) is 4. The molecule has 0 fully saturated rings. The van der Waals surface area contributed by atoms with E-state index in [1.54, 1.807) is 6.20 Å². The molecular weight excluding hydrogens is 298 g/mol. The topological polar surface area (TPSA) is 71.1 Å². The van der Waals surface area contributed by atoms with Crippen LogP contribution in [0.5, 0.6) is 0 Å². The van der Waals surface area contributed by atoms with Crippen LogP contribution in [0.1, 0.15) is 12.0 Å². The molecule has 0 saturated carbocycles. The van der Waals surface area contributed by atoms with Gasteiger partial charge in [-0.1, -0.05) is 35.9 Å². The Morgan fingerprint density at radius 3 is 2.91 bits per heavy atom. The first-order chi connectivity index (χ1) is 10.6. The van der Waals surface area contributed by atoms with Crippen molar-refractivity contribution in [2.75, 3.05) is 19.6 Å². The number of pyridine rings is 1. The second-order valence-corrected chi connectivity index (χ2v) is 7.20. The number of nitrogens with one attached hydrogen (secondary N) is 2. The lowest BCUT2D eigenvalue weighted by Crippen LogP contribution is -2.30. The molecule has 1 aromatic heterocycles. The molecule has 0 saturated heterocycles. The van der Waals surface area contributed by atoms with E-state index in [4.69, 9.17) is 0 Å². The summed E-state index contributed by atoms with van der Waals surface area (Å²) in [6.45, 7) is 2.10. The summed E-state index contributed by atoms with van der Waals surface area (Å²) in [6, 6.07) is 9.41. The highest BCUT2D eigenvalue weighted by atomic mass is 32.2. The number of rotatable bonds is 5. The van der Waals surface area contributed by atoms with Gasteiger partial charge >= 0.3 is 0 Å². The van der Waals surface area contributed by atoms with Crippen molar-refractivity contribution in [3.05, 3.63) is 53.7 Å². The molecule has 22 heavy (non-hydrogen) atoms. The summed E-state index contributed by atoms with van der Waals surface area (Å²) in [5, 5.41) is 4.16. The van der Waals surface area contributed by atoms with Gasteiger partial charge in [-0.15, -0.1) is 0 Å². The lowest BCUT2D eigenvalue weighted by atomic mass is 10.1. The maximum absolute atomic E-state index is 12.3. The number of benzene rings is 1. The van der Waals surface area contributed by atoms with Gasteiger partial charge < -0.3 is 5.32 Å². The van der Waals surface area contributed by atoms with Gasteiger partial charge in [-0.3, -0.25) is 4.98 Å². The van der Waals surface area contributed by atoms with Crippen molar-refractivity contribution in [3.8, 4) is 0 Å². The molecule has 2 aromatic rings. The fourth-order valence-electron chi connectivity index (χ4n) is 2.57. The third-order valence-corrected chi connectivity index (χ3v) is 5.01. The highest BCUT2D eigenvalue weighted by Gasteiger charge is 2.15. The molecular formula is C16H19N3O2S. The molecule has 1 aliphatic heterocycles. The first-order valence-corrected chi connectivity index (χ1v) is 8.98. The van der Waals surface area contributed by atoms with Gasteiger partial charge in [-0.25, -0.2) is 13.1 Å². The first-order valence-electron chi connectivity index (χ1n) is 7.33. The van der Waals surface area contributed by atoms with Crippen molar-refractivity contribution in [1.29, 1.82) is 0 Å². The standard InChI is InChI=1S/C16H19N3O2S/c20-22(21,19-11-13-6-9-17-10-7-13)12-15-4-1-3-14-5-2-8-18-16(14)15/h1-6,8,17,19H,7,9-12H2. The molecule has 3 rings (SSSR count). The van der Waals surface area contributed by atoms with Crippen molar-refractivity contribution in [3.63, 3.8) is 0 Å². The van der Waals surface area contributed by atoms with Crippen LogP contribution < -0.4 is 10.0 Å². The number of hydrogen-bond donors (Lipinski definition) is 2. The first kappa shape index (κ1) is 15.1. The maximum atomic E-state index is 12.3. The molecule has 2 N–H and O–H groups in total. The van der Waals surface area contributed by atoms with Crippen molar-refractivity contribution in [2.24, 2.45) is 0 Å². The average Bonchev–Trinajstić information content (AvgIpc) is 2.54. The van der Waals surface area contributed by atoms with E-state index in [1.807, 2.05) is 36.4 Å². The maximum Gasteiger partial charge on any atom is 0.216 e. The van der Waals surface area contributed by atoms with Crippen LogP contribution in [-0.2, 0) is 15.8 Å². The third-order valence-electron chi connectivity index (χ3n) is 3.74. The zero-order valence-electron chi connectivity index (χ0n) is 12.2. The third kappa shape index (κ3) is 3.71. The smallest absolute Gasteiger partial charge is 0.216 e. The SMILES string of the molecule is O=S(=O)(Cc1cccc2cccnc12)NCC1=CCNCC1. The zero-order chi connectivity index (χ0) is 15.4. The molecule has 2 heterocycles. The minimum absolute atomic E-state index is 0.0487. The molecule has 0 unspecified atom stereocenters. The normalized spacial score (nSPS) is 15.7. The molecule has 0 bridgehead atoms. The van der Waals surface area contributed by atoms with Gasteiger partial charge in [0.25, 0.3) is 0 Å². The van der Waals surface area contributed by atoms with E-state index in [0.717, 1.165) is 41.5 Å². The molecule has 0 spiro atoms. The van der Waals surface area contributed by atoms with E-state index in [1.165, 1.54) is 0 Å². The van der Waals surface area contributed by atoms with Crippen molar-refractivity contribution in [2.45, 2.75) is 12.2 Å². The number of sulfonamides is 1. The fraction of sp³-hybridized carbons (Fsp3) is 0.312. The molecule has 116 valence electrons. The molecule has 0 atom stereocenters. The van der Waals surface area contributed by atoms with E-state index >= 15 is 0 Å². The van der Waals surface area contributed by atoms with E-state index in [9.17, 15) is 8.42 Å². The van der Waals surface area contributed by atoms with Gasteiger partial charge in [0.2, 0.25) is 10.0 Å². The summed E-state index contributed by atoms with van der Waals surface area (Å²) in [4.78, 5) is 4.30. The van der Waals surface area contributed by atoms with Gasteiger partial charge in [-0.2, -0.15) is 0 Å². The molecule has 6 heteroatoms. The Morgan fingerprint density at radius 2 is 2.09 bits per heavy atom. The highest BCUT2D eigenvalue weighted by Crippen LogP contribution is 2.18. The quantitative estimate of drug-likeness (QED) is 0.821. The van der Waals surface area contributed by atoms with Crippen molar-refractivity contribution < 1.29 is 8.42 Å². The monoisotopic (exact) mass is 317 g/mol. The Labute approximate surface area is 130 Å². The van der Waals surface area contributed by atoms with Crippen molar-refractivity contribution >= 4 is 20.9 Å². The second-order valence-electron chi connectivity index (χ2n) is 5.39. The number of aromatic nitrogens is 1. The summed E-state index contributed by atoms with van der Waals surface area (Å²) in [5.41, 5.74) is 2.61. The van der Waals surface area contributed by atoms with Crippen LogP contribution in [0.15, 0.2) is 48.2 Å². The predicted octanol–water partition coefficient (Wildman–Crippen LogP) is 1.57. The molecule has 0 aliphatic carbocycles.